The van der Waals surface area contributed by atoms with Gasteiger partial charge in [-0.3, -0.25) is 9.40 Å². The van der Waals surface area contributed by atoms with Crippen LogP contribution in [0.15, 0.2) is 60.3 Å². The zero-order valence-electron chi connectivity index (χ0n) is 15.7. The minimum Gasteiger partial charge on any atom is -0.276 e. The molecule has 0 bridgehead atoms. The topological polar surface area (TPSA) is 101 Å². The second-order valence-corrected chi connectivity index (χ2v) is 8.14. The van der Waals surface area contributed by atoms with Crippen LogP contribution in [0.25, 0.3) is 11.6 Å². The van der Waals surface area contributed by atoms with E-state index in [1.165, 1.54) is 29.2 Å². The number of pyridine rings is 1. The fraction of sp³-hybridized carbons (Fsp3) is 0.0500. The number of hydrogen-bond donors (Lipinski definition) is 1. The van der Waals surface area contributed by atoms with Gasteiger partial charge in [0.25, 0.3) is 10.0 Å². The molecule has 0 radical (unpaired) electrons. The maximum absolute atomic E-state index is 13.1. The minimum atomic E-state index is -4.01. The summed E-state index contributed by atoms with van der Waals surface area (Å²) in [6, 6.07) is 7.92. The maximum Gasteiger partial charge on any atom is 0.261 e. The van der Waals surface area contributed by atoms with Gasteiger partial charge in [0, 0.05) is 18.8 Å². The predicted octanol–water partition coefficient (Wildman–Crippen LogP) is 4.01. The number of nitrogens with one attached hydrogen (secondary N) is 1. The molecule has 10 heteroatoms. The fourth-order valence-corrected chi connectivity index (χ4v) is 3.87. The predicted molar refractivity (Wildman–Crippen MR) is 112 cm³/mol. The molecule has 0 spiro atoms. The molecule has 0 amide bonds. The molecule has 0 fully saturated rings. The molecule has 7 nitrogen and oxygen atoms in total. The van der Waals surface area contributed by atoms with Crippen LogP contribution in [-0.2, 0) is 17.1 Å². The van der Waals surface area contributed by atoms with E-state index in [0.717, 1.165) is 24.3 Å². The lowest BCUT2D eigenvalue weighted by Crippen LogP contribution is -2.13. The molecule has 152 valence electrons. The van der Waals surface area contributed by atoms with Gasteiger partial charge in [-0.1, -0.05) is 24.3 Å². The molecule has 0 saturated heterocycles. The van der Waals surface area contributed by atoms with Crippen molar-refractivity contribution in [3.05, 3.63) is 83.2 Å². The van der Waals surface area contributed by atoms with Crippen LogP contribution in [0.1, 0.15) is 16.8 Å². The molecule has 30 heavy (non-hydrogen) atoms. The molecule has 0 atom stereocenters. The molecule has 0 aliphatic carbocycles. The third-order valence-corrected chi connectivity index (χ3v) is 5.84. The Hall–Kier alpha value is -3.48. The number of allylic oxidation sites excluding steroid dienone is 2. The highest BCUT2D eigenvalue weighted by Gasteiger charge is 2.17. The highest BCUT2D eigenvalue weighted by atomic mass is 35.5. The van der Waals surface area contributed by atoms with Gasteiger partial charge in [0.2, 0.25) is 0 Å². The second kappa shape index (κ2) is 8.49. The summed E-state index contributed by atoms with van der Waals surface area (Å²) in [4.78, 5) is 3.91. The van der Waals surface area contributed by atoms with Crippen LogP contribution in [-0.4, -0.2) is 23.2 Å². The lowest BCUT2D eigenvalue weighted by Gasteiger charge is -2.11. The average Bonchev–Trinajstić information content (AvgIpc) is 3.07. The molecule has 2 heterocycles. The number of benzene rings is 1. The number of aromatic nitrogens is 3. The van der Waals surface area contributed by atoms with Gasteiger partial charge in [-0.2, -0.15) is 10.4 Å². The van der Waals surface area contributed by atoms with Crippen molar-refractivity contribution in [1.29, 1.82) is 5.26 Å². The van der Waals surface area contributed by atoms with Crippen LogP contribution < -0.4 is 4.72 Å². The Bertz CT molecular complexity index is 1290. The van der Waals surface area contributed by atoms with Gasteiger partial charge in [0.05, 0.1) is 28.0 Å². The quantitative estimate of drug-likeness (QED) is 0.458. The SMILES string of the molecule is C=C/C(=C\c1c(C#N)cnn1C)c1cnc(Cl)c(NS(=O)(=O)c2ccc(F)cc2)c1. The minimum absolute atomic E-state index is 0.0387. The molecular formula is C20H15ClFN5O2S. The Morgan fingerprint density at radius 2 is 2.03 bits per heavy atom. The van der Waals surface area contributed by atoms with Crippen LogP contribution >= 0.6 is 11.6 Å². The van der Waals surface area contributed by atoms with E-state index in [1.54, 1.807) is 13.1 Å². The summed E-state index contributed by atoms with van der Waals surface area (Å²) < 4.78 is 42.2. The number of halogens is 2. The van der Waals surface area contributed by atoms with Crippen LogP contribution in [0, 0.1) is 17.1 Å². The van der Waals surface area contributed by atoms with Gasteiger partial charge < -0.3 is 0 Å². The van der Waals surface area contributed by atoms with Crippen LogP contribution in [0.4, 0.5) is 10.1 Å². The largest absolute Gasteiger partial charge is 0.276 e. The highest BCUT2D eigenvalue weighted by molar-refractivity contribution is 7.92. The van der Waals surface area contributed by atoms with Crippen LogP contribution in [0.5, 0.6) is 0 Å². The Morgan fingerprint density at radius 3 is 2.67 bits per heavy atom. The average molecular weight is 444 g/mol. The van der Waals surface area contributed by atoms with E-state index in [1.807, 2.05) is 0 Å². The first kappa shape index (κ1) is 21.2. The second-order valence-electron chi connectivity index (χ2n) is 6.10. The van der Waals surface area contributed by atoms with Crippen molar-refractivity contribution in [3.8, 4) is 6.07 Å². The van der Waals surface area contributed by atoms with E-state index in [-0.39, 0.29) is 15.7 Å². The lowest BCUT2D eigenvalue weighted by molar-refractivity contribution is 0.599. The van der Waals surface area contributed by atoms with Crippen molar-refractivity contribution in [3.63, 3.8) is 0 Å². The summed E-state index contributed by atoms with van der Waals surface area (Å²) in [5.41, 5.74) is 2.04. The normalized spacial score (nSPS) is 11.7. The van der Waals surface area contributed by atoms with Crippen molar-refractivity contribution in [2.75, 3.05) is 4.72 Å². The summed E-state index contributed by atoms with van der Waals surface area (Å²) in [6.45, 7) is 3.77. The Labute approximate surface area is 177 Å². The van der Waals surface area contributed by atoms with E-state index in [9.17, 15) is 18.1 Å². The third-order valence-electron chi connectivity index (χ3n) is 4.16. The van der Waals surface area contributed by atoms with Gasteiger partial charge >= 0.3 is 0 Å². The number of rotatable bonds is 6. The fourth-order valence-electron chi connectivity index (χ4n) is 2.61. The van der Waals surface area contributed by atoms with Crippen LogP contribution in [0.3, 0.4) is 0 Å². The molecule has 1 aromatic carbocycles. The highest BCUT2D eigenvalue weighted by Crippen LogP contribution is 2.28. The van der Waals surface area contributed by atoms with Gasteiger partial charge in [0.1, 0.15) is 11.9 Å². The van der Waals surface area contributed by atoms with Crippen LogP contribution in [0.2, 0.25) is 5.15 Å². The summed E-state index contributed by atoms with van der Waals surface area (Å²) in [5, 5.41) is 13.2. The molecule has 2 aromatic heterocycles. The van der Waals surface area contributed by atoms with Crippen molar-refractivity contribution < 1.29 is 12.8 Å². The molecule has 3 aromatic rings. The molecule has 0 aliphatic rings. The zero-order chi connectivity index (χ0) is 21.9. The molecular weight excluding hydrogens is 429 g/mol. The first-order valence-corrected chi connectivity index (χ1v) is 10.3. The standard InChI is InChI=1S/C20H15ClFN5O2S/c1-3-13(9-19-15(10-23)12-25-27(19)2)14-8-18(20(21)24-11-14)26-30(28,29)17-6-4-16(22)5-7-17/h3-9,11-12,26H,1H2,2H3/b13-9+. The van der Waals surface area contributed by atoms with Crippen molar-refractivity contribution in [1.82, 2.24) is 14.8 Å². The van der Waals surface area contributed by atoms with Crippen molar-refractivity contribution in [2.45, 2.75) is 4.90 Å². The summed E-state index contributed by atoms with van der Waals surface area (Å²) >= 11 is 6.08. The Balaban J connectivity index is 2.01. The molecule has 3 rings (SSSR count). The zero-order valence-corrected chi connectivity index (χ0v) is 17.2. The van der Waals surface area contributed by atoms with E-state index in [4.69, 9.17) is 11.6 Å². The number of aryl methyl sites for hydroxylation is 1. The van der Waals surface area contributed by atoms with E-state index in [0.29, 0.717) is 22.4 Å². The van der Waals surface area contributed by atoms with E-state index in [2.05, 4.69) is 27.5 Å². The number of anilines is 1. The van der Waals surface area contributed by atoms with E-state index >= 15 is 0 Å². The number of hydrogen-bond acceptors (Lipinski definition) is 5. The van der Waals surface area contributed by atoms with Crippen molar-refractivity contribution in [2.24, 2.45) is 7.05 Å². The number of sulfonamides is 1. The number of nitriles is 1. The maximum atomic E-state index is 13.1. The summed E-state index contributed by atoms with van der Waals surface area (Å²) in [7, 11) is -2.32. The van der Waals surface area contributed by atoms with Gasteiger partial charge in [-0.05, 0) is 42.0 Å². The first-order valence-electron chi connectivity index (χ1n) is 8.45. The number of nitrogens with zero attached hydrogens (tertiary/aromatic N) is 4. The smallest absolute Gasteiger partial charge is 0.261 e. The van der Waals surface area contributed by atoms with E-state index < -0.39 is 15.8 Å². The molecule has 1 N–H and O–H groups in total. The summed E-state index contributed by atoms with van der Waals surface area (Å²) in [5.74, 6) is -0.552. The van der Waals surface area contributed by atoms with Gasteiger partial charge in [0.15, 0.2) is 5.15 Å². The summed E-state index contributed by atoms with van der Waals surface area (Å²) in [6.07, 6.45) is 6.11. The molecule has 0 unspecified atom stereocenters. The Kier molecular flexibility index (Phi) is 6.01. The Morgan fingerprint density at radius 1 is 1.33 bits per heavy atom. The van der Waals surface area contributed by atoms with Gasteiger partial charge in [-0.25, -0.2) is 17.8 Å². The third kappa shape index (κ3) is 4.40. The van der Waals surface area contributed by atoms with Gasteiger partial charge in [-0.15, -0.1) is 0 Å². The monoisotopic (exact) mass is 443 g/mol. The molecule has 0 aliphatic heterocycles. The lowest BCUT2D eigenvalue weighted by atomic mass is 10.1. The first-order chi connectivity index (χ1) is 14.2. The van der Waals surface area contributed by atoms with Crippen molar-refractivity contribution >= 4 is 39.0 Å². The molecule has 0 saturated carbocycles.